The van der Waals surface area contributed by atoms with Gasteiger partial charge in [-0.15, -0.1) is 6.58 Å². The number of carbonyl (C=O) groups excluding carboxylic acids is 1. The maximum absolute atomic E-state index is 11.6. The molecular weight excluding hydrogens is 424 g/mol. The minimum Gasteiger partial charge on any atom is -0.459 e. The molecule has 0 bridgehead atoms. The summed E-state index contributed by atoms with van der Waals surface area (Å²) in [4.78, 5) is 11.6. The van der Waals surface area contributed by atoms with Crippen molar-refractivity contribution >= 4 is 30.2 Å². The molecule has 0 aliphatic rings. The summed E-state index contributed by atoms with van der Waals surface area (Å²) in [5, 5.41) is 0.119. The van der Waals surface area contributed by atoms with Crippen LogP contribution < -0.4 is 0 Å². The molecule has 0 saturated heterocycles. The Labute approximate surface area is 173 Å². The van der Waals surface area contributed by atoms with Gasteiger partial charge in [-0.05, 0) is 35.8 Å². The zero-order valence-electron chi connectivity index (χ0n) is 17.4. The van der Waals surface area contributed by atoms with Gasteiger partial charge in [-0.2, -0.15) is 0 Å². The lowest BCUT2D eigenvalue weighted by atomic mass is 10.0. The van der Waals surface area contributed by atoms with Gasteiger partial charge in [0.05, 0.1) is 13.2 Å². The molecular formula is C21H33BrO4Si. The summed E-state index contributed by atoms with van der Waals surface area (Å²) in [6, 6.07) is 7.94. The number of halogens is 1. The van der Waals surface area contributed by atoms with Crippen LogP contribution in [-0.4, -0.2) is 33.6 Å². The number of carbonyl (C=O) groups is 1. The van der Waals surface area contributed by atoms with Gasteiger partial charge in [0, 0.05) is 23.9 Å². The Kier molecular flexibility index (Phi) is 9.41. The lowest BCUT2D eigenvalue weighted by Gasteiger charge is -2.37. The molecule has 0 unspecified atom stereocenters. The van der Waals surface area contributed by atoms with E-state index in [0.29, 0.717) is 19.8 Å². The first-order valence-corrected chi connectivity index (χ1v) is 12.9. The molecule has 1 rings (SSSR count). The molecule has 1 aromatic rings. The van der Waals surface area contributed by atoms with Gasteiger partial charge in [0.25, 0.3) is 0 Å². The Morgan fingerprint density at radius 3 is 2.30 bits per heavy atom. The predicted molar refractivity (Wildman–Crippen MR) is 116 cm³/mol. The van der Waals surface area contributed by atoms with E-state index in [0.717, 1.165) is 10.0 Å². The fourth-order valence-electron chi connectivity index (χ4n) is 2.18. The molecule has 0 spiro atoms. The van der Waals surface area contributed by atoms with Gasteiger partial charge >= 0.3 is 5.97 Å². The highest BCUT2D eigenvalue weighted by Crippen LogP contribution is 2.37. The molecule has 4 nitrogen and oxygen atoms in total. The number of esters is 1. The summed E-state index contributed by atoms with van der Waals surface area (Å²) < 4.78 is 18.7. The van der Waals surface area contributed by atoms with Crippen LogP contribution >= 0.6 is 15.9 Å². The van der Waals surface area contributed by atoms with Crippen molar-refractivity contribution in [1.82, 2.24) is 0 Å². The number of ether oxygens (including phenoxy) is 2. The second-order valence-corrected chi connectivity index (χ2v) is 14.0. The Morgan fingerprint density at radius 2 is 1.81 bits per heavy atom. The molecule has 0 radical (unpaired) electrons. The van der Waals surface area contributed by atoms with Gasteiger partial charge < -0.3 is 13.9 Å². The average molecular weight is 457 g/mol. The van der Waals surface area contributed by atoms with E-state index in [1.165, 1.54) is 6.92 Å². The van der Waals surface area contributed by atoms with Crippen LogP contribution in [0.25, 0.3) is 0 Å². The van der Waals surface area contributed by atoms with Crippen LogP contribution in [0.5, 0.6) is 0 Å². The first-order valence-electron chi connectivity index (χ1n) is 9.22. The second kappa shape index (κ2) is 10.6. The van der Waals surface area contributed by atoms with E-state index in [2.05, 4.69) is 56.4 Å². The topological polar surface area (TPSA) is 44.8 Å². The SMILES string of the molecule is C=C[C@H](CO[Si](C)(C)C(C)(C)C)[C@@H](COCc1ccc(Br)cc1)OC(C)=O. The largest absolute Gasteiger partial charge is 0.459 e. The number of hydrogen-bond acceptors (Lipinski definition) is 4. The Hall–Kier alpha value is -0.953. The lowest BCUT2D eigenvalue weighted by molar-refractivity contribution is -0.152. The van der Waals surface area contributed by atoms with Gasteiger partial charge in [-0.3, -0.25) is 4.79 Å². The summed E-state index contributed by atoms with van der Waals surface area (Å²) in [6.45, 7) is 17.6. The normalized spacial score (nSPS) is 14.5. The minimum atomic E-state index is -1.89. The molecule has 0 aliphatic heterocycles. The molecule has 0 heterocycles. The van der Waals surface area contributed by atoms with Gasteiger partial charge in [-0.25, -0.2) is 0 Å². The summed E-state index contributed by atoms with van der Waals surface area (Å²) in [5.74, 6) is -0.445. The van der Waals surface area contributed by atoms with Crippen molar-refractivity contribution in [3.8, 4) is 0 Å². The Balaban J connectivity index is 2.69. The summed E-state index contributed by atoms with van der Waals surface area (Å²) in [5.41, 5.74) is 1.06. The standard InChI is InChI=1S/C21H33BrO4Si/c1-8-18(14-25-27(6,7)21(3,4)5)20(26-16(2)23)15-24-13-17-9-11-19(22)12-10-17/h8-12,18,20H,1,13-15H2,2-7H3/t18-,20-/m1/s1. The van der Waals surface area contributed by atoms with E-state index in [9.17, 15) is 4.79 Å². The van der Waals surface area contributed by atoms with Crippen LogP contribution in [0.4, 0.5) is 0 Å². The van der Waals surface area contributed by atoms with Crippen LogP contribution in [-0.2, 0) is 25.3 Å². The quantitative estimate of drug-likeness (QED) is 0.256. The maximum atomic E-state index is 11.6. The van der Waals surface area contributed by atoms with E-state index in [1.54, 1.807) is 6.08 Å². The zero-order chi connectivity index (χ0) is 20.7. The van der Waals surface area contributed by atoms with Crippen LogP contribution in [0.2, 0.25) is 18.1 Å². The molecule has 0 amide bonds. The van der Waals surface area contributed by atoms with E-state index in [-0.39, 0.29) is 16.9 Å². The van der Waals surface area contributed by atoms with E-state index < -0.39 is 14.4 Å². The lowest BCUT2D eigenvalue weighted by Crippen LogP contribution is -2.43. The third-order valence-electron chi connectivity index (χ3n) is 5.00. The predicted octanol–water partition coefficient (Wildman–Crippen LogP) is 5.72. The Morgan fingerprint density at radius 1 is 1.22 bits per heavy atom. The molecule has 0 aliphatic carbocycles. The van der Waals surface area contributed by atoms with Gasteiger partial charge in [0.2, 0.25) is 0 Å². The number of hydrogen-bond donors (Lipinski definition) is 0. The van der Waals surface area contributed by atoms with Crippen molar-refractivity contribution in [2.45, 2.75) is 58.5 Å². The fraction of sp³-hybridized carbons (Fsp3) is 0.571. The van der Waals surface area contributed by atoms with Gasteiger partial charge in [0.1, 0.15) is 6.10 Å². The molecule has 27 heavy (non-hydrogen) atoms. The van der Waals surface area contributed by atoms with Crippen LogP contribution in [0, 0.1) is 5.92 Å². The van der Waals surface area contributed by atoms with E-state index in [4.69, 9.17) is 13.9 Å². The first kappa shape index (κ1) is 24.1. The second-order valence-electron chi connectivity index (χ2n) is 8.26. The minimum absolute atomic E-state index is 0.118. The third-order valence-corrected chi connectivity index (χ3v) is 10.0. The highest BCUT2D eigenvalue weighted by atomic mass is 79.9. The number of benzene rings is 1. The Bertz CT molecular complexity index is 608. The van der Waals surface area contributed by atoms with Crippen LogP contribution in [0.15, 0.2) is 41.4 Å². The molecule has 152 valence electrons. The van der Waals surface area contributed by atoms with Crippen LogP contribution in [0.1, 0.15) is 33.3 Å². The van der Waals surface area contributed by atoms with E-state index in [1.807, 2.05) is 24.3 Å². The van der Waals surface area contributed by atoms with Crippen molar-refractivity contribution in [3.05, 3.63) is 47.0 Å². The highest BCUT2D eigenvalue weighted by Gasteiger charge is 2.38. The fourth-order valence-corrected chi connectivity index (χ4v) is 3.49. The van der Waals surface area contributed by atoms with Crippen molar-refractivity contribution < 1.29 is 18.7 Å². The molecule has 2 atom stereocenters. The van der Waals surface area contributed by atoms with Gasteiger partial charge in [-0.1, -0.05) is 54.9 Å². The van der Waals surface area contributed by atoms with E-state index >= 15 is 0 Å². The number of rotatable bonds is 10. The maximum Gasteiger partial charge on any atom is 0.303 e. The molecule has 0 N–H and O–H groups in total. The molecule has 1 aromatic carbocycles. The van der Waals surface area contributed by atoms with Crippen molar-refractivity contribution in [3.63, 3.8) is 0 Å². The third kappa shape index (κ3) is 8.30. The van der Waals surface area contributed by atoms with Crippen molar-refractivity contribution in [2.24, 2.45) is 5.92 Å². The summed E-state index contributed by atoms with van der Waals surface area (Å²) in [7, 11) is -1.89. The molecule has 6 heteroatoms. The van der Waals surface area contributed by atoms with Gasteiger partial charge in [0.15, 0.2) is 8.32 Å². The van der Waals surface area contributed by atoms with Crippen molar-refractivity contribution in [2.75, 3.05) is 13.2 Å². The zero-order valence-corrected chi connectivity index (χ0v) is 20.0. The average Bonchev–Trinajstić information content (AvgIpc) is 2.55. The molecule has 0 saturated carbocycles. The molecule has 0 fully saturated rings. The molecule has 0 aromatic heterocycles. The smallest absolute Gasteiger partial charge is 0.303 e. The highest BCUT2D eigenvalue weighted by molar-refractivity contribution is 9.10. The summed E-state index contributed by atoms with van der Waals surface area (Å²) in [6.07, 6.45) is 1.38. The summed E-state index contributed by atoms with van der Waals surface area (Å²) >= 11 is 3.42. The first-order chi connectivity index (χ1) is 12.5. The monoisotopic (exact) mass is 456 g/mol. The van der Waals surface area contributed by atoms with Crippen LogP contribution in [0.3, 0.4) is 0 Å². The van der Waals surface area contributed by atoms with Crippen molar-refractivity contribution in [1.29, 1.82) is 0 Å².